The minimum absolute atomic E-state index is 0.0302. The second-order valence-electron chi connectivity index (χ2n) is 13.4. The average molecular weight is 652 g/mol. The van der Waals surface area contributed by atoms with E-state index in [-0.39, 0.29) is 6.71 Å². The molecule has 0 aromatic heterocycles. The number of rotatable bonds is 5. The van der Waals surface area contributed by atoms with Crippen LogP contribution in [0.2, 0.25) is 0 Å². The van der Waals surface area contributed by atoms with Gasteiger partial charge in [0.25, 0.3) is 6.71 Å². The first kappa shape index (κ1) is 29.4. The van der Waals surface area contributed by atoms with E-state index in [1.54, 1.807) is 0 Å². The maximum atomic E-state index is 2.51. The highest BCUT2D eigenvalue weighted by Gasteiger charge is 2.44. The van der Waals surface area contributed by atoms with Crippen LogP contribution in [0.15, 0.2) is 188 Å². The minimum atomic E-state index is 0.0302. The van der Waals surface area contributed by atoms with E-state index >= 15 is 0 Å². The van der Waals surface area contributed by atoms with E-state index in [0.29, 0.717) is 0 Å². The average Bonchev–Trinajstić information content (AvgIpc) is 3.19. The summed E-state index contributed by atoms with van der Waals surface area (Å²) in [6, 6.07) is 68.4. The molecule has 0 bridgehead atoms. The molecule has 3 nitrogen and oxygen atoms in total. The lowest BCUT2D eigenvalue weighted by Crippen LogP contribution is -2.61. The predicted octanol–water partition coefficient (Wildman–Crippen LogP) is 10.7. The Morgan fingerprint density at radius 2 is 0.863 bits per heavy atom. The monoisotopic (exact) mass is 651 g/mol. The standard InChI is InChI=1S/C47H34BN3/c1-33-30-43-47-44(31-33)51(37-24-12-5-13-25-37)45-32-42(49(34-18-6-2-7-19-34)35-20-8-3-9-21-35)38-26-14-15-27-39(38)46(45)48(47)40-28-16-17-29-41(40)50(43)36-22-10-4-11-23-36/h2-32H,1H3. The van der Waals surface area contributed by atoms with Crippen molar-refractivity contribution in [2.75, 3.05) is 14.7 Å². The van der Waals surface area contributed by atoms with Gasteiger partial charge in [0.1, 0.15) is 0 Å². The van der Waals surface area contributed by atoms with E-state index in [1.165, 1.54) is 55.5 Å². The van der Waals surface area contributed by atoms with Gasteiger partial charge in [-0.2, -0.15) is 0 Å². The summed E-state index contributed by atoms with van der Waals surface area (Å²) in [5.74, 6) is 0. The maximum absolute atomic E-state index is 2.51. The topological polar surface area (TPSA) is 9.72 Å². The Kier molecular flexibility index (Phi) is 6.82. The third kappa shape index (κ3) is 4.60. The molecule has 0 fully saturated rings. The highest BCUT2D eigenvalue weighted by molar-refractivity contribution is 7.01. The van der Waals surface area contributed by atoms with Crippen LogP contribution in [0.25, 0.3) is 10.8 Å². The van der Waals surface area contributed by atoms with Gasteiger partial charge in [0, 0.05) is 50.9 Å². The second-order valence-corrected chi connectivity index (χ2v) is 13.4. The summed E-state index contributed by atoms with van der Waals surface area (Å²) in [6.45, 7) is 2.26. The fourth-order valence-electron chi connectivity index (χ4n) is 8.41. The quantitative estimate of drug-likeness (QED) is 0.172. The molecule has 0 spiro atoms. The molecule has 2 heterocycles. The second kappa shape index (κ2) is 11.8. The number of fused-ring (bicyclic) bond motifs is 6. The maximum Gasteiger partial charge on any atom is 0.252 e. The van der Waals surface area contributed by atoms with E-state index in [2.05, 4.69) is 210 Å². The van der Waals surface area contributed by atoms with Crippen molar-refractivity contribution in [1.29, 1.82) is 0 Å². The number of aryl methyl sites for hydroxylation is 1. The first-order chi connectivity index (χ1) is 25.3. The molecule has 0 N–H and O–H groups in total. The predicted molar refractivity (Wildman–Crippen MR) is 217 cm³/mol. The lowest BCUT2D eigenvalue weighted by atomic mass is 9.33. The van der Waals surface area contributed by atoms with Gasteiger partial charge in [-0.25, -0.2) is 0 Å². The van der Waals surface area contributed by atoms with Crippen molar-refractivity contribution in [2.24, 2.45) is 0 Å². The summed E-state index contributed by atoms with van der Waals surface area (Å²) in [5.41, 5.74) is 15.8. The van der Waals surface area contributed by atoms with Gasteiger partial charge in [-0.1, -0.05) is 115 Å². The third-order valence-electron chi connectivity index (χ3n) is 10.4. The van der Waals surface area contributed by atoms with Gasteiger partial charge in [0.2, 0.25) is 0 Å². The van der Waals surface area contributed by atoms with E-state index in [4.69, 9.17) is 0 Å². The van der Waals surface area contributed by atoms with E-state index in [9.17, 15) is 0 Å². The van der Waals surface area contributed by atoms with E-state index in [1.807, 2.05) is 0 Å². The molecule has 8 aromatic rings. The zero-order valence-corrected chi connectivity index (χ0v) is 28.3. The molecule has 51 heavy (non-hydrogen) atoms. The molecule has 10 rings (SSSR count). The molecule has 0 saturated heterocycles. The largest absolute Gasteiger partial charge is 0.311 e. The van der Waals surface area contributed by atoms with Crippen molar-refractivity contribution in [3.63, 3.8) is 0 Å². The van der Waals surface area contributed by atoms with Crippen LogP contribution in [0.1, 0.15) is 5.56 Å². The summed E-state index contributed by atoms with van der Waals surface area (Å²) < 4.78 is 0. The molecule has 2 aliphatic rings. The highest BCUT2D eigenvalue weighted by atomic mass is 15.2. The van der Waals surface area contributed by atoms with Crippen LogP contribution in [0.4, 0.5) is 51.2 Å². The molecule has 4 heteroatoms. The number of anilines is 9. The van der Waals surface area contributed by atoms with Crippen molar-refractivity contribution in [3.05, 3.63) is 194 Å². The minimum Gasteiger partial charge on any atom is -0.311 e. The van der Waals surface area contributed by atoms with Gasteiger partial charge in [-0.15, -0.1) is 0 Å². The van der Waals surface area contributed by atoms with Gasteiger partial charge in [0.05, 0.1) is 5.69 Å². The summed E-state index contributed by atoms with van der Waals surface area (Å²) in [5, 5.41) is 2.48. The van der Waals surface area contributed by atoms with Gasteiger partial charge >= 0.3 is 0 Å². The summed E-state index contributed by atoms with van der Waals surface area (Å²) in [4.78, 5) is 7.39. The molecule has 0 aliphatic carbocycles. The molecule has 0 amide bonds. The number of hydrogen-bond donors (Lipinski definition) is 0. The fraction of sp³-hybridized carbons (Fsp3) is 0.0213. The van der Waals surface area contributed by atoms with Crippen molar-refractivity contribution in [2.45, 2.75) is 6.92 Å². The van der Waals surface area contributed by atoms with Crippen molar-refractivity contribution < 1.29 is 0 Å². The number of benzene rings is 8. The normalized spacial score (nSPS) is 12.7. The van der Waals surface area contributed by atoms with Gasteiger partial charge < -0.3 is 14.7 Å². The van der Waals surface area contributed by atoms with Crippen LogP contribution in [0.5, 0.6) is 0 Å². The Morgan fingerprint density at radius 1 is 0.412 bits per heavy atom. The first-order valence-electron chi connectivity index (χ1n) is 17.7. The number of hydrogen-bond acceptors (Lipinski definition) is 3. The molecule has 0 saturated carbocycles. The molecule has 8 aromatic carbocycles. The number of nitrogens with zero attached hydrogens (tertiary/aromatic N) is 3. The Morgan fingerprint density at radius 3 is 1.45 bits per heavy atom. The zero-order chi connectivity index (χ0) is 33.9. The van der Waals surface area contributed by atoms with Crippen molar-refractivity contribution >= 4 is 85.1 Å². The van der Waals surface area contributed by atoms with Gasteiger partial charge in [-0.05, 0) is 107 Å². The van der Waals surface area contributed by atoms with Crippen LogP contribution < -0.4 is 31.1 Å². The van der Waals surface area contributed by atoms with E-state index in [0.717, 1.165) is 28.4 Å². The SMILES string of the molecule is Cc1cc2c3c(c1)N(c1ccccc1)c1cc(N(c4ccccc4)c4ccccc4)c4ccccc4c1B3c1ccccc1N2c1ccccc1. The Hall–Kier alpha value is -6.52. The Labute approximate surface area is 299 Å². The first-order valence-corrected chi connectivity index (χ1v) is 17.7. The van der Waals surface area contributed by atoms with Crippen molar-refractivity contribution in [3.8, 4) is 0 Å². The van der Waals surface area contributed by atoms with Crippen molar-refractivity contribution in [1.82, 2.24) is 0 Å². The number of para-hydroxylation sites is 5. The molecule has 2 aliphatic heterocycles. The van der Waals surface area contributed by atoms with Gasteiger partial charge in [0.15, 0.2) is 0 Å². The molecule has 240 valence electrons. The lowest BCUT2D eigenvalue weighted by molar-refractivity contribution is 1.23. The van der Waals surface area contributed by atoms with Crippen LogP contribution in [-0.2, 0) is 0 Å². The van der Waals surface area contributed by atoms with Crippen LogP contribution in [0, 0.1) is 6.92 Å². The molecular weight excluding hydrogens is 617 g/mol. The van der Waals surface area contributed by atoms with Crippen LogP contribution >= 0.6 is 0 Å². The Balaban J connectivity index is 1.35. The zero-order valence-electron chi connectivity index (χ0n) is 28.3. The molecule has 0 atom stereocenters. The molecule has 0 unspecified atom stereocenters. The summed E-state index contributed by atoms with van der Waals surface area (Å²) in [7, 11) is 0. The molecule has 0 radical (unpaired) electrons. The molecular formula is C47H34BN3. The summed E-state index contributed by atoms with van der Waals surface area (Å²) >= 11 is 0. The lowest BCUT2D eigenvalue weighted by Gasteiger charge is -2.45. The Bertz CT molecular complexity index is 2510. The van der Waals surface area contributed by atoms with Gasteiger partial charge in [-0.3, -0.25) is 0 Å². The fourth-order valence-corrected chi connectivity index (χ4v) is 8.41. The summed E-state index contributed by atoms with van der Waals surface area (Å²) in [6.07, 6.45) is 0. The van der Waals surface area contributed by atoms with E-state index < -0.39 is 0 Å². The third-order valence-corrected chi connectivity index (χ3v) is 10.4. The smallest absolute Gasteiger partial charge is 0.252 e. The van der Waals surface area contributed by atoms with Crippen LogP contribution in [-0.4, -0.2) is 6.71 Å². The van der Waals surface area contributed by atoms with Crippen LogP contribution in [0.3, 0.4) is 0 Å². The highest BCUT2D eigenvalue weighted by Crippen LogP contribution is 2.48.